The lowest BCUT2D eigenvalue weighted by Gasteiger charge is -2.36. The zero-order valence-electron chi connectivity index (χ0n) is 14.8. The Morgan fingerprint density at radius 1 is 1.36 bits per heavy atom. The lowest BCUT2D eigenvalue weighted by Crippen LogP contribution is -2.41. The van der Waals surface area contributed by atoms with Crippen LogP contribution < -0.4 is 5.32 Å². The van der Waals surface area contributed by atoms with E-state index in [1.54, 1.807) is 30.7 Å². The highest BCUT2D eigenvalue weighted by molar-refractivity contribution is 7.98. The molecule has 2 aromatic rings. The molecule has 25 heavy (non-hydrogen) atoms. The number of amides is 1. The van der Waals surface area contributed by atoms with Crippen LogP contribution in [0.3, 0.4) is 0 Å². The normalized spacial score (nSPS) is 17.4. The van der Waals surface area contributed by atoms with Crippen molar-refractivity contribution in [3.63, 3.8) is 0 Å². The zero-order chi connectivity index (χ0) is 17.6. The summed E-state index contributed by atoms with van der Waals surface area (Å²) in [5.41, 5.74) is 0.552. The van der Waals surface area contributed by atoms with Crippen LogP contribution in [0.15, 0.2) is 36.8 Å². The van der Waals surface area contributed by atoms with Crippen LogP contribution in [0.2, 0.25) is 0 Å². The number of likely N-dealkylation sites (tertiary alicyclic amines) is 1. The Balaban J connectivity index is 1.62. The van der Waals surface area contributed by atoms with E-state index < -0.39 is 0 Å². The van der Waals surface area contributed by atoms with E-state index in [1.807, 2.05) is 22.5 Å². The molecule has 1 amide bonds. The number of thioether (sulfide) groups is 1. The first-order valence-electron chi connectivity index (χ1n) is 8.67. The molecule has 0 aromatic carbocycles. The molecule has 0 aliphatic carbocycles. The minimum absolute atomic E-state index is 0.152. The van der Waals surface area contributed by atoms with Crippen molar-refractivity contribution in [2.45, 2.75) is 31.8 Å². The number of aromatic nitrogens is 3. The number of carbonyl (C=O) groups excluding carboxylic acids is 1. The van der Waals surface area contributed by atoms with E-state index in [2.05, 4.69) is 33.5 Å². The maximum atomic E-state index is 12.4. The molecule has 0 radical (unpaired) electrons. The van der Waals surface area contributed by atoms with Crippen molar-refractivity contribution in [1.29, 1.82) is 0 Å². The number of nitrogens with zero attached hydrogens (tertiary/aromatic N) is 4. The van der Waals surface area contributed by atoms with Gasteiger partial charge in [-0.1, -0.05) is 0 Å². The quantitative estimate of drug-likeness (QED) is 0.859. The van der Waals surface area contributed by atoms with Gasteiger partial charge in [0.05, 0.1) is 17.8 Å². The second kappa shape index (κ2) is 8.49. The molecule has 7 heteroatoms. The van der Waals surface area contributed by atoms with Crippen LogP contribution >= 0.6 is 11.8 Å². The first kappa shape index (κ1) is 17.9. The molecule has 1 aliphatic rings. The number of rotatable bonds is 6. The molecule has 134 valence electrons. The highest BCUT2D eigenvalue weighted by Crippen LogP contribution is 2.27. The summed E-state index contributed by atoms with van der Waals surface area (Å²) < 4.78 is 1.96. The Bertz CT molecular complexity index is 682. The molecule has 6 nitrogen and oxygen atoms in total. The van der Waals surface area contributed by atoms with Crippen LogP contribution in [0.25, 0.3) is 0 Å². The topological polar surface area (TPSA) is 63.1 Å². The summed E-state index contributed by atoms with van der Waals surface area (Å²) in [7, 11) is 0. The van der Waals surface area contributed by atoms with Crippen LogP contribution in [0, 0.1) is 0 Å². The van der Waals surface area contributed by atoms with Gasteiger partial charge in [-0.15, -0.1) is 0 Å². The Morgan fingerprint density at radius 2 is 2.16 bits per heavy atom. The summed E-state index contributed by atoms with van der Waals surface area (Å²) in [6.07, 6.45) is 9.24. The molecule has 1 N–H and O–H groups in total. The maximum absolute atomic E-state index is 12.4. The molecule has 3 rings (SSSR count). The molecule has 0 saturated carbocycles. The van der Waals surface area contributed by atoms with Gasteiger partial charge in [-0.2, -0.15) is 16.9 Å². The molecule has 1 saturated heterocycles. The average molecular weight is 359 g/mol. The highest BCUT2D eigenvalue weighted by Gasteiger charge is 2.25. The number of anilines is 1. The van der Waals surface area contributed by atoms with E-state index in [0.29, 0.717) is 17.6 Å². The predicted molar refractivity (Wildman–Crippen MR) is 102 cm³/mol. The predicted octanol–water partition coefficient (Wildman–Crippen LogP) is 2.92. The molecular weight excluding hydrogens is 334 g/mol. The van der Waals surface area contributed by atoms with E-state index in [9.17, 15) is 4.79 Å². The molecule has 0 bridgehead atoms. The summed E-state index contributed by atoms with van der Waals surface area (Å²) in [4.78, 5) is 18.9. The average Bonchev–Trinajstić information content (AvgIpc) is 3.11. The van der Waals surface area contributed by atoms with Gasteiger partial charge >= 0.3 is 0 Å². The van der Waals surface area contributed by atoms with Crippen molar-refractivity contribution in [3.8, 4) is 0 Å². The standard InChI is InChI=1S/C18H25N5OS/c1-14(13-25-2)22-10-6-16(7-11-22)23-17(5-9-20-23)21-18(24)15-4-3-8-19-12-15/h3-5,8-9,12,14,16H,6-7,10-11,13H2,1-2H3,(H,21,24). The third-order valence-corrected chi connectivity index (χ3v) is 5.53. The number of piperidine rings is 1. The van der Waals surface area contributed by atoms with Gasteiger partial charge < -0.3 is 5.32 Å². The Labute approximate surface area is 153 Å². The van der Waals surface area contributed by atoms with E-state index in [0.717, 1.165) is 31.7 Å². The second-order valence-corrected chi connectivity index (χ2v) is 7.34. The first-order valence-corrected chi connectivity index (χ1v) is 10.1. The number of hydrogen-bond acceptors (Lipinski definition) is 5. The highest BCUT2D eigenvalue weighted by atomic mass is 32.2. The fraction of sp³-hybridized carbons (Fsp3) is 0.500. The number of nitrogens with one attached hydrogen (secondary N) is 1. The fourth-order valence-electron chi connectivity index (χ4n) is 3.31. The molecule has 1 atom stereocenters. The van der Waals surface area contributed by atoms with Crippen molar-refractivity contribution in [2.24, 2.45) is 0 Å². The monoisotopic (exact) mass is 359 g/mol. The number of carbonyl (C=O) groups is 1. The van der Waals surface area contributed by atoms with Crippen LogP contribution in [0.1, 0.15) is 36.2 Å². The fourth-order valence-corrected chi connectivity index (χ4v) is 4.00. The van der Waals surface area contributed by atoms with Gasteiger partial charge in [-0.05, 0) is 38.2 Å². The summed E-state index contributed by atoms with van der Waals surface area (Å²) in [5, 5.41) is 7.42. The van der Waals surface area contributed by atoms with Crippen molar-refractivity contribution >= 4 is 23.5 Å². The van der Waals surface area contributed by atoms with Crippen LogP contribution in [-0.4, -0.2) is 56.7 Å². The van der Waals surface area contributed by atoms with Gasteiger partial charge in [0.2, 0.25) is 0 Å². The SMILES string of the molecule is CSCC(C)N1CCC(n2nccc2NC(=O)c2cccnc2)CC1. The number of pyridine rings is 1. The van der Waals surface area contributed by atoms with E-state index in [-0.39, 0.29) is 5.91 Å². The van der Waals surface area contributed by atoms with E-state index in [4.69, 9.17) is 0 Å². The summed E-state index contributed by atoms with van der Waals surface area (Å²) in [5.74, 6) is 1.77. The van der Waals surface area contributed by atoms with Crippen LogP contribution in [-0.2, 0) is 0 Å². The van der Waals surface area contributed by atoms with Crippen molar-refractivity contribution in [1.82, 2.24) is 19.7 Å². The minimum atomic E-state index is -0.152. The van der Waals surface area contributed by atoms with Crippen molar-refractivity contribution < 1.29 is 4.79 Å². The van der Waals surface area contributed by atoms with Gasteiger partial charge in [0.15, 0.2) is 0 Å². The minimum Gasteiger partial charge on any atom is -0.307 e. The molecule has 1 aliphatic heterocycles. The summed E-state index contributed by atoms with van der Waals surface area (Å²) >= 11 is 1.90. The molecule has 1 unspecified atom stereocenters. The second-order valence-electron chi connectivity index (χ2n) is 6.43. The third-order valence-electron chi connectivity index (χ3n) is 4.71. The molecule has 2 aromatic heterocycles. The van der Waals surface area contributed by atoms with Gasteiger partial charge in [0.1, 0.15) is 5.82 Å². The largest absolute Gasteiger partial charge is 0.307 e. The van der Waals surface area contributed by atoms with Gasteiger partial charge in [0, 0.05) is 43.3 Å². The molecule has 0 spiro atoms. The molecule has 1 fully saturated rings. The molecule has 3 heterocycles. The maximum Gasteiger partial charge on any atom is 0.258 e. The Hall–Kier alpha value is -1.86. The van der Waals surface area contributed by atoms with Crippen LogP contribution in [0.4, 0.5) is 5.82 Å². The van der Waals surface area contributed by atoms with E-state index in [1.165, 1.54) is 5.75 Å². The number of hydrogen-bond donors (Lipinski definition) is 1. The van der Waals surface area contributed by atoms with Crippen molar-refractivity contribution in [2.75, 3.05) is 30.4 Å². The Morgan fingerprint density at radius 3 is 2.84 bits per heavy atom. The smallest absolute Gasteiger partial charge is 0.258 e. The third kappa shape index (κ3) is 4.41. The van der Waals surface area contributed by atoms with E-state index >= 15 is 0 Å². The molecular formula is C18H25N5OS. The summed E-state index contributed by atoms with van der Waals surface area (Å²) in [6, 6.07) is 6.32. The van der Waals surface area contributed by atoms with Gasteiger partial charge in [-0.3, -0.25) is 14.7 Å². The Kier molecular flexibility index (Phi) is 6.09. The van der Waals surface area contributed by atoms with Gasteiger partial charge in [0.25, 0.3) is 5.91 Å². The lowest BCUT2D eigenvalue weighted by atomic mass is 10.0. The lowest BCUT2D eigenvalue weighted by molar-refractivity contribution is 0.102. The van der Waals surface area contributed by atoms with Crippen LogP contribution in [0.5, 0.6) is 0 Å². The van der Waals surface area contributed by atoms with Crippen molar-refractivity contribution in [3.05, 3.63) is 42.4 Å². The summed E-state index contributed by atoms with van der Waals surface area (Å²) in [6.45, 7) is 4.44. The van der Waals surface area contributed by atoms with Gasteiger partial charge in [-0.25, -0.2) is 4.68 Å². The zero-order valence-corrected chi connectivity index (χ0v) is 15.6. The first-order chi connectivity index (χ1) is 12.2.